The number of nitro benzene ring substituents is 1. The van der Waals surface area contributed by atoms with Crippen LogP contribution in [0.3, 0.4) is 0 Å². The molecule has 7 heteroatoms. The van der Waals surface area contributed by atoms with Crippen LogP contribution in [-0.2, 0) is 9.53 Å². The lowest BCUT2D eigenvalue weighted by molar-refractivity contribution is -0.384. The summed E-state index contributed by atoms with van der Waals surface area (Å²) in [6.07, 6.45) is 1.60. The molecular weight excluding hydrogens is 286 g/mol. The summed E-state index contributed by atoms with van der Waals surface area (Å²) in [5.41, 5.74) is -0.232. The van der Waals surface area contributed by atoms with Gasteiger partial charge in [0.15, 0.2) is 6.10 Å². The Labute approximate surface area is 120 Å². The van der Waals surface area contributed by atoms with Crippen LogP contribution in [0.2, 0.25) is 5.02 Å². The molecule has 1 aliphatic carbocycles. The third-order valence-corrected chi connectivity index (χ3v) is 3.25. The van der Waals surface area contributed by atoms with Crippen molar-refractivity contribution < 1.29 is 19.2 Å². The fourth-order valence-electron chi connectivity index (χ4n) is 1.53. The molecule has 0 N–H and O–H groups in total. The second-order valence-electron chi connectivity index (χ2n) is 4.71. The highest BCUT2D eigenvalue weighted by Crippen LogP contribution is 2.30. The highest BCUT2D eigenvalue weighted by atomic mass is 35.5. The van der Waals surface area contributed by atoms with Gasteiger partial charge in [0, 0.05) is 12.1 Å². The van der Waals surface area contributed by atoms with E-state index in [4.69, 9.17) is 21.1 Å². The van der Waals surface area contributed by atoms with Gasteiger partial charge in [-0.15, -0.1) is 0 Å². The molecule has 20 heavy (non-hydrogen) atoms. The number of carbonyl (C=O) groups excluding carboxylic acids is 1. The zero-order valence-corrected chi connectivity index (χ0v) is 11.6. The number of esters is 1. The minimum absolute atomic E-state index is 0.0770. The molecule has 1 unspecified atom stereocenters. The summed E-state index contributed by atoms with van der Waals surface area (Å²) in [6, 6.07) is 3.77. The van der Waals surface area contributed by atoms with E-state index in [1.165, 1.54) is 18.2 Å². The molecular formula is C13H14ClNO5. The molecule has 0 heterocycles. The number of halogens is 1. The Hall–Kier alpha value is -1.66. The summed E-state index contributed by atoms with van der Waals surface area (Å²) in [5, 5.41) is 10.5. The Kier molecular flexibility index (Phi) is 4.57. The van der Waals surface area contributed by atoms with Gasteiger partial charge in [-0.25, -0.2) is 4.79 Å². The van der Waals surface area contributed by atoms with E-state index in [2.05, 4.69) is 0 Å². The molecule has 0 radical (unpaired) electrons. The summed E-state index contributed by atoms with van der Waals surface area (Å²) in [4.78, 5) is 21.8. The first-order valence-corrected chi connectivity index (χ1v) is 6.62. The van der Waals surface area contributed by atoms with E-state index in [9.17, 15) is 14.9 Å². The van der Waals surface area contributed by atoms with Crippen LogP contribution in [0.1, 0.15) is 19.8 Å². The molecule has 108 valence electrons. The summed E-state index contributed by atoms with van der Waals surface area (Å²) >= 11 is 5.73. The highest BCUT2D eigenvalue weighted by Gasteiger charge is 2.25. The van der Waals surface area contributed by atoms with Crippen LogP contribution >= 0.6 is 11.6 Å². The van der Waals surface area contributed by atoms with Crippen molar-refractivity contribution in [1.82, 2.24) is 0 Å². The number of nitrogens with zero attached hydrogens (tertiary/aromatic N) is 1. The lowest BCUT2D eigenvalue weighted by Gasteiger charge is -2.12. The van der Waals surface area contributed by atoms with Crippen LogP contribution in [0, 0.1) is 16.0 Å². The minimum atomic E-state index is -0.676. The number of rotatable bonds is 6. The summed E-state index contributed by atoms with van der Waals surface area (Å²) < 4.78 is 10.4. The van der Waals surface area contributed by atoms with Gasteiger partial charge in [0.05, 0.1) is 11.5 Å². The highest BCUT2D eigenvalue weighted by molar-refractivity contribution is 6.32. The van der Waals surface area contributed by atoms with Crippen LogP contribution in [-0.4, -0.2) is 23.6 Å². The average molecular weight is 300 g/mol. The SMILES string of the molecule is CC(OCC1CC1)C(=O)Oc1ccc([N+](=O)[O-])c(Cl)c1. The predicted molar refractivity (Wildman–Crippen MR) is 71.9 cm³/mol. The summed E-state index contributed by atoms with van der Waals surface area (Å²) in [6.45, 7) is 2.16. The van der Waals surface area contributed by atoms with E-state index in [0.29, 0.717) is 12.5 Å². The Morgan fingerprint density at radius 1 is 1.55 bits per heavy atom. The Morgan fingerprint density at radius 3 is 2.80 bits per heavy atom. The molecule has 1 fully saturated rings. The number of benzene rings is 1. The topological polar surface area (TPSA) is 78.7 Å². The Morgan fingerprint density at radius 2 is 2.25 bits per heavy atom. The van der Waals surface area contributed by atoms with E-state index < -0.39 is 17.0 Å². The molecule has 1 saturated carbocycles. The zero-order chi connectivity index (χ0) is 14.7. The minimum Gasteiger partial charge on any atom is -0.425 e. The smallest absolute Gasteiger partial charge is 0.340 e. The third-order valence-electron chi connectivity index (χ3n) is 2.95. The summed E-state index contributed by atoms with van der Waals surface area (Å²) in [5.74, 6) is 0.169. The van der Waals surface area contributed by atoms with Crippen molar-refractivity contribution in [2.75, 3.05) is 6.61 Å². The first kappa shape index (κ1) is 14.7. The molecule has 0 amide bonds. The molecule has 0 aliphatic heterocycles. The van der Waals surface area contributed by atoms with Gasteiger partial charge >= 0.3 is 5.97 Å². The van der Waals surface area contributed by atoms with Gasteiger partial charge in [-0.1, -0.05) is 11.6 Å². The maximum atomic E-state index is 11.8. The van der Waals surface area contributed by atoms with E-state index in [0.717, 1.165) is 12.8 Å². The van der Waals surface area contributed by atoms with Gasteiger partial charge in [-0.05, 0) is 31.7 Å². The molecule has 2 rings (SSSR count). The molecule has 1 aliphatic rings. The molecule has 0 bridgehead atoms. The zero-order valence-electron chi connectivity index (χ0n) is 10.9. The largest absolute Gasteiger partial charge is 0.425 e. The van der Waals surface area contributed by atoms with Crippen molar-refractivity contribution >= 4 is 23.3 Å². The number of nitro groups is 1. The van der Waals surface area contributed by atoms with Crippen molar-refractivity contribution in [2.24, 2.45) is 5.92 Å². The van der Waals surface area contributed by atoms with Crippen molar-refractivity contribution in [3.63, 3.8) is 0 Å². The summed E-state index contributed by atoms with van der Waals surface area (Å²) in [7, 11) is 0. The number of hydrogen-bond acceptors (Lipinski definition) is 5. The van der Waals surface area contributed by atoms with Crippen LogP contribution in [0.5, 0.6) is 5.75 Å². The van der Waals surface area contributed by atoms with Gasteiger partial charge in [-0.3, -0.25) is 10.1 Å². The van der Waals surface area contributed by atoms with Crippen molar-refractivity contribution in [2.45, 2.75) is 25.9 Å². The first-order chi connectivity index (χ1) is 9.47. The van der Waals surface area contributed by atoms with Gasteiger partial charge in [0.25, 0.3) is 5.69 Å². The van der Waals surface area contributed by atoms with Gasteiger partial charge in [0.2, 0.25) is 0 Å². The van der Waals surface area contributed by atoms with Crippen LogP contribution < -0.4 is 4.74 Å². The van der Waals surface area contributed by atoms with E-state index in [1.807, 2.05) is 0 Å². The molecule has 6 nitrogen and oxygen atoms in total. The number of hydrogen-bond donors (Lipinski definition) is 0. The normalized spacial score (nSPS) is 15.7. The quantitative estimate of drug-likeness (QED) is 0.349. The van der Waals surface area contributed by atoms with Crippen molar-refractivity contribution in [3.8, 4) is 5.75 Å². The molecule has 1 aromatic carbocycles. The first-order valence-electron chi connectivity index (χ1n) is 6.24. The van der Waals surface area contributed by atoms with Crippen LogP contribution in [0.25, 0.3) is 0 Å². The Balaban J connectivity index is 1.92. The molecule has 0 spiro atoms. The molecule has 1 atom stereocenters. The second-order valence-corrected chi connectivity index (χ2v) is 5.12. The van der Waals surface area contributed by atoms with E-state index >= 15 is 0 Å². The van der Waals surface area contributed by atoms with Crippen molar-refractivity contribution in [1.29, 1.82) is 0 Å². The third kappa shape index (κ3) is 3.91. The molecule has 0 aromatic heterocycles. The van der Waals surface area contributed by atoms with Gasteiger partial charge in [0.1, 0.15) is 10.8 Å². The fraction of sp³-hybridized carbons (Fsp3) is 0.462. The predicted octanol–water partition coefficient (Wildman–Crippen LogP) is 2.97. The maximum absolute atomic E-state index is 11.8. The van der Waals surface area contributed by atoms with Crippen LogP contribution in [0.4, 0.5) is 5.69 Å². The van der Waals surface area contributed by atoms with Gasteiger partial charge < -0.3 is 9.47 Å². The fourth-order valence-corrected chi connectivity index (χ4v) is 1.77. The molecule has 1 aromatic rings. The van der Waals surface area contributed by atoms with Crippen LogP contribution in [0.15, 0.2) is 18.2 Å². The Bertz CT molecular complexity index is 529. The van der Waals surface area contributed by atoms with Crippen molar-refractivity contribution in [3.05, 3.63) is 33.3 Å². The monoisotopic (exact) mass is 299 g/mol. The maximum Gasteiger partial charge on any atom is 0.340 e. The standard InChI is InChI=1S/C13H14ClNO5/c1-8(19-7-9-2-3-9)13(16)20-10-4-5-12(15(17)18)11(14)6-10/h4-6,8-9H,2-3,7H2,1H3. The average Bonchev–Trinajstić information content (AvgIpc) is 3.19. The van der Waals surface area contributed by atoms with E-state index in [-0.39, 0.29) is 16.5 Å². The van der Waals surface area contributed by atoms with Gasteiger partial charge in [-0.2, -0.15) is 0 Å². The number of carbonyl (C=O) groups is 1. The van der Waals surface area contributed by atoms with E-state index in [1.54, 1.807) is 6.92 Å². The molecule has 0 saturated heterocycles. The lowest BCUT2D eigenvalue weighted by atomic mass is 10.3. The second kappa shape index (κ2) is 6.19. The number of ether oxygens (including phenoxy) is 2. The lowest BCUT2D eigenvalue weighted by Crippen LogP contribution is -2.26.